The first-order valence-corrected chi connectivity index (χ1v) is 7.35. The first kappa shape index (κ1) is 17.2. The summed E-state index contributed by atoms with van der Waals surface area (Å²) < 4.78 is 5.23. The Balaban J connectivity index is 3.46. The van der Waals surface area contributed by atoms with E-state index >= 15 is 0 Å². The number of hydrogen-bond donors (Lipinski definition) is 0. The molecule has 0 aliphatic rings. The van der Waals surface area contributed by atoms with Crippen molar-refractivity contribution in [3.8, 4) is 0 Å². The third-order valence-corrected chi connectivity index (χ3v) is 3.07. The summed E-state index contributed by atoms with van der Waals surface area (Å²) in [4.78, 5) is 11.4. The van der Waals surface area contributed by atoms with Gasteiger partial charge in [-0.2, -0.15) is 0 Å². The van der Waals surface area contributed by atoms with Crippen molar-refractivity contribution in [1.82, 2.24) is 0 Å². The maximum Gasteiger partial charge on any atom is 0.305 e. The van der Waals surface area contributed by atoms with Gasteiger partial charge in [0, 0.05) is 6.42 Å². The summed E-state index contributed by atoms with van der Waals surface area (Å²) in [7, 11) is 0. The van der Waals surface area contributed by atoms with E-state index in [9.17, 15) is 4.79 Å². The van der Waals surface area contributed by atoms with Crippen molar-refractivity contribution < 1.29 is 9.53 Å². The topological polar surface area (TPSA) is 26.3 Å². The highest BCUT2D eigenvalue weighted by atomic mass is 16.5. The monoisotopic (exact) mass is 254 g/mol. The number of esters is 1. The molecule has 106 valence electrons. The van der Waals surface area contributed by atoms with Gasteiger partial charge >= 0.3 is 5.97 Å². The quantitative estimate of drug-likeness (QED) is 0.315. The summed E-state index contributed by atoms with van der Waals surface area (Å²) in [6, 6.07) is 0. The van der Waals surface area contributed by atoms with Crippen LogP contribution >= 0.6 is 0 Å². The van der Waals surface area contributed by atoms with Gasteiger partial charge in [-0.05, 0) is 45.4 Å². The number of carbonyl (C=O) groups is 1. The van der Waals surface area contributed by atoms with Gasteiger partial charge in [0.15, 0.2) is 0 Å². The van der Waals surface area contributed by atoms with E-state index in [0.29, 0.717) is 18.9 Å². The maximum atomic E-state index is 11.4. The minimum Gasteiger partial charge on any atom is -0.466 e. The Bertz CT molecular complexity index is 239. The lowest BCUT2D eigenvalue weighted by molar-refractivity contribution is -0.144. The molecule has 0 rings (SSSR count). The molecule has 0 fully saturated rings. The minimum atomic E-state index is -0.0278. The smallest absolute Gasteiger partial charge is 0.305 e. The largest absolute Gasteiger partial charge is 0.466 e. The van der Waals surface area contributed by atoms with E-state index in [2.05, 4.69) is 33.8 Å². The average molecular weight is 254 g/mol. The van der Waals surface area contributed by atoms with Crippen LogP contribution in [0.4, 0.5) is 0 Å². The normalized spacial score (nSPS) is 12.0. The SMILES string of the molecule is CCCCCC(=O)OCC[C@@H](C)CCC=C(C)C. The van der Waals surface area contributed by atoms with Gasteiger partial charge in [0.25, 0.3) is 0 Å². The first-order valence-electron chi connectivity index (χ1n) is 7.35. The molecule has 0 aromatic carbocycles. The Hall–Kier alpha value is -0.790. The molecule has 0 unspecified atom stereocenters. The number of ether oxygens (including phenoxy) is 1. The van der Waals surface area contributed by atoms with Gasteiger partial charge in [0.05, 0.1) is 6.61 Å². The summed E-state index contributed by atoms with van der Waals surface area (Å²) in [5.74, 6) is 0.601. The summed E-state index contributed by atoms with van der Waals surface area (Å²) in [6.07, 6.45) is 9.38. The lowest BCUT2D eigenvalue weighted by Gasteiger charge is -2.10. The Morgan fingerprint density at radius 3 is 2.56 bits per heavy atom. The second-order valence-corrected chi connectivity index (χ2v) is 5.43. The standard InChI is InChI=1S/C16H30O2/c1-5-6-7-11-16(17)18-13-12-15(4)10-8-9-14(2)3/h9,15H,5-8,10-13H2,1-4H3/t15-/m0/s1. The molecule has 0 heterocycles. The highest BCUT2D eigenvalue weighted by Gasteiger charge is 2.05. The summed E-state index contributed by atoms with van der Waals surface area (Å²) in [5, 5.41) is 0. The van der Waals surface area contributed by atoms with Gasteiger partial charge in [0.2, 0.25) is 0 Å². The Labute approximate surface area is 113 Å². The van der Waals surface area contributed by atoms with Crippen molar-refractivity contribution in [2.75, 3.05) is 6.61 Å². The number of carbonyl (C=O) groups excluding carboxylic acids is 1. The van der Waals surface area contributed by atoms with Crippen molar-refractivity contribution in [1.29, 1.82) is 0 Å². The van der Waals surface area contributed by atoms with Crippen molar-refractivity contribution >= 4 is 5.97 Å². The Morgan fingerprint density at radius 1 is 1.22 bits per heavy atom. The van der Waals surface area contributed by atoms with E-state index in [0.717, 1.165) is 32.1 Å². The van der Waals surface area contributed by atoms with Crippen molar-refractivity contribution in [2.45, 2.75) is 72.6 Å². The van der Waals surface area contributed by atoms with E-state index in [1.165, 1.54) is 12.0 Å². The minimum absolute atomic E-state index is 0.0278. The van der Waals surface area contributed by atoms with Gasteiger partial charge in [-0.1, -0.05) is 38.3 Å². The summed E-state index contributed by atoms with van der Waals surface area (Å²) in [5.41, 5.74) is 1.38. The number of rotatable bonds is 10. The zero-order valence-electron chi connectivity index (χ0n) is 12.6. The van der Waals surface area contributed by atoms with Gasteiger partial charge in [-0.15, -0.1) is 0 Å². The van der Waals surface area contributed by atoms with Crippen molar-refractivity contribution in [3.05, 3.63) is 11.6 Å². The van der Waals surface area contributed by atoms with Gasteiger partial charge < -0.3 is 4.74 Å². The fourth-order valence-electron chi connectivity index (χ4n) is 1.77. The first-order chi connectivity index (χ1) is 8.56. The molecule has 2 heteroatoms. The van der Waals surface area contributed by atoms with E-state index in [4.69, 9.17) is 4.74 Å². The number of unbranched alkanes of at least 4 members (excludes halogenated alkanes) is 2. The van der Waals surface area contributed by atoms with Gasteiger partial charge in [-0.25, -0.2) is 0 Å². The van der Waals surface area contributed by atoms with Crippen LogP contribution < -0.4 is 0 Å². The fourth-order valence-corrected chi connectivity index (χ4v) is 1.77. The molecule has 0 spiro atoms. The van der Waals surface area contributed by atoms with E-state index in [1.807, 2.05) is 0 Å². The zero-order valence-corrected chi connectivity index (χ0v) is 12.6. The van der Waals surface area contributed by atoms with Crippen molar-refractivity contribution in [3.63, 3.8) is 0 Å². The lowest BCUT2D eigenvalue weighted by atomic mass is 10.0. The Kier molecular flexibility index (Phi) is 10.8. The molecular weight excluding hydrogens is 224 g/mol. The molecule has 0 aliphatic carbocycles. The number of hydrogen-bond acceptors (Lipinski definition) is 2. The van der Waals surface area contributed by atoms with E-state index in [1.54, 1.807) is 0 Å². The number of allylic oxidation sites excluding steroid dienone is 2. The highest BCUT2D eigenvalue weighted by molar-refractivity contribution is 5.69. The average Bonchev–Trinajstić information content (AvgIpc) is 2.29. The molecular formula is C16H30O2. The molecule has 0 N–H and O–H groups in total. The molecule has 1 atom stereocenters. The fraction of sp³-hybridized carbons (Fsp3) is 0.812. The predicted octanol–water partition coefficient (Wildman–Crippen LogP) is 4.88. The molecule has 0 aliphatic heterocycles. The van der Waals surface area contributed by atoms with Crippen LogP contribution in [0.2, 0.25) is 0 Å². The summed E-state index contributed by atoms with van der Waals surface area (Å²) in [6.45, 7) is 9.20. The second kappa shape index (κ2) is 11.3. The molecule has 0 saturated heterocycles. The molecule has 0 saturated carbocycles. The third kappa shape index (κ3) is 11.7. The Morgan fingerprint density at radius 2 is 1.94 bits per heavy atom. The molecule has 0 amide bonds. The van der Waals surface area contributed by atoms with Gasteiger partial charge in [-0.3, -0.25) is 4.79 Å². The molecule has 18 heavy (non-hydrogen) atoms. The van der Waals surface area contributed by atoms with Crippen LogP contribution in [0.5, 0.6) is 0 Å². The van der Waals surface area contributed by atoms with E-state index in [-0.39, 0.29) is 5.97 Å². The van der Waals surface area contributed by atoms with Crippen molar-refractivity contribution in [2.24, 2.45) is 5.92 Å². The third-order valence-electron chi connectivity index (χ3n) is 3.07. The summed E-state index contributed by atoms with van der Waals surface area (Å²) >= 11 is 0. The van der Waals surface area contributed by atoms with E-state index < -0.39 is 0 Å². The zero-order chi connectivity index (χ0) is 13.8. The van der Waals surface area contributed by atoms with Crippen LogP contribution in [0.3, 0.4) is 0 Å². The lowest BCUT2D eigenvalue weighted by Crippen LogP contribution is -2.08. The van der Waals surface area contributed by atoms with Crippen LogP contribution in [-0.2, 0) is 9.53 Å². The molecule has 0 aromatic heterocycles. The molecule has 0 aromatic rings. The van der Waals surface area contributed by atoms with Crippen LogP contribution in [0, 0.1) is 5.92 Å². The predicted molar refractivity (Wildman–Crippen MR) is 77.5 cm³/mol. The molecule has 0 radical (unpaired) electrons. The van der Waals surface area contributed by atoms with Crippen LogP contribution in [0.15, 0.2) is 11.6 Å². The van der Waals surface area contributed by atoms with Crippen LogP contribution in [-0.4, -0.2) is 12.6 Å². The van der Waals surface area contributed by atoms with Crippen LogP contribution in [0.1, 0.15) is 72.6 Å². The van der Waals surface area contributed by atoms with Crippen LogP contribution in [0.25, 0.3) is 0 Å². The molecule has 2 nitrogen and oxygen atoms in total. The highest BCUT2D eigenvalue weighted by Crippen LogP contribution is 2.12. The maximum absolute atomic E-state index is 11.4. The van der Waals surface area contributed by atoms with Gasteiger partial charge in [0.1, 0.15) is 0 Å². The second-order valence-electron chi connectivity index (χ2n) is 5.43. The molecule has 0 bridgehead atoms.